The molecule has 16 heavy (non-hydrogen) atoms. The van der Waals surface area contributed by atoms with Crippen LogP contribution in [0.1, 0.15) is 12.5 Å². The largest absolute Gasteiger partial charge is 0.480 e. The van der Waals surface area contributed by atoms with Crippen LogP contribution in [-0.4, -0.2) is 23.0 Å². The summed E-state index contributed by atoms with van der Waals surface area (Å²) in [5.74, 6) is -1.35. The van der Waals surface area contributed by atoms with Crippen LogP contribution in [0, 0.1) is 0 Å². The molecule has 0 heterocycles. The first kappa shape index (κ1) is 14.7. The number of rotatable bonds is 4. The molecule has 4 nitrogen and oxygen atoms in total. The molecule has 0 aliphatic heterocycles. The van der Waals surface area contributed by atoms with Crippen molar-refractivity contribution < 1.29 is 31.2 Å². The maximum Gasteiger partial charge on any atom is 0.326 e. The first-order valence-electron chi connectivity index (χ1n) is 4.63. The van der Waals surface area contributed by atoms with Crippen LogP contribution < -0.4 is 5.32 Å². The van der Waals surface area contributed by atoms with Crippen molar-refractivity contribution in [3.05, 3.63) is 35.9 Å². The van der Waals surface area contributed by atoms with Gasteiger partial charge in [-0.05, 0) is 5.56 Å². The number of benzene rings is 1. The molecule has 90 valence electrons. The van der Waals surface area contributed by atoms with Gasteiger partial charge in [-0.25, -0.2) is 4.79 Å². The Labute approximate surface area is 104 Å². The minimum absolute atomic E-state index is 0. The monoisotopic (exact) mass is 265 g/mol. The summed E-state index contributed by atoms with van der Waals surface area (Å²) in [5, 5.41) is 11.3. The normalized spacial score (nSPS) is 11.1. The quantitative estimate of drug-likeness (QED) is 0.792. The van der Waals surface area contributed by atoms with Gasteiger partial charge in [-0.3, -0.25) is 4.79 Å². The van der Waals surface area contributed by atoms with Crippen LogP contribution in [0.4, 0.5) is 0 Å². The van der Waals surface area contributed by atoms with Crippen molar-refractivity contribution in [3.63, 3.8) is 0 Å². The van der Waals surface area contributed by atoms with Crippen LogP contribution in [0.5, 0.6) is 0 Å². The van der Waals surface area contributed by atoms with Crippen LogP contribution >= 0.6 is 0 Å². The summed E-state index contributed by atoms with van der Waals surface area (Å²) in [7, 11) is 0. The Kier molecular flexibility index (Phi) is 6.42. The fraction of sp³-hybridized carbons (Fsp3) is 0.273. The van der Waals surface area contributed by atoms with Gasteiger partial charge < -0.3 is 10.4 Å². The average Bonchev–Trinajstić information content (AvgIpc) is 2.17. The van der Waals surface area contributed by atoms with Gasteiger partial charge in [-0.15, -0.1) is 0 Å². The second-order valence-electron chi connectivity index (χ2n) is 3.28. The maximum absolute atomic E-state index is 10.8. The summed E-state index contributed by atoms with van der Waals surface area (Å²) < 4.78 is 0. The smallest absolute Gasteiger partial charge is 0.326 e. The number of carbonyl (C=O) groups is 2. The van der Waals surface area contributed by atoms with Crippen molar-refractivity contribution in [1.82, 2.24) is 5.32 Å². The Balaban J connectivity index is 0.00000225. The zero-order valence-corrected chi connectivity index (χ0v) is 9.74. The van der Waals surface area contributed by atoms with E-state index in [1.165, 1.54) is 6.92 Å². The van der Waals surface area contributed by atoms with Crippen LogP contribution in [0.2, 0.25) is 0 Å². The van der Waals surface area contributed by atoms with Crippen molar-refractivity contribution in [2.75, 3.05) is 0 Å². The van der Waals surface area contributed by atoms with Gasteiger partial charge in [0.2, 0.25) is 5.91 Å². The molecule has 2 N–H and O–H groups in total. The summed E-state index contributed by atoms with van der Waals surface area (Å²) in [5.41, 5.74) is 0.888. The molecular formula is C11H13NNiO3. The second kappa shape index (κ2) is 7.01. The fourth-order valence-electron chi connectivity index (χ4n) is 1.30. The minimum Gasteiger partial charge on any atom is -0.480 e. The molecule has 1 unspecified atom stereocenters. The summed E-state index contributed by atoms with van der Waals surface area (Å²) in [6, 6.07) is 8.34. The van der Waals surface area contributed by atoms with E-state index in [0.717, 1.165) is 5.56 Å². The number of carboxylic acids is 1. The number of carboxylic acid groups (broad SMARTS) is 1. The van der Waals surface area contributed by atoms with Crippen molar-refractivity contribution >= 4 is 11.9 Å². The van der Waals surface area contributed by atoms with Gasteiger partial charge in [0.15, 0.2) is 0 Å². The molecule has 1 aromatic carbocycles. The SMILES string of the molecule is CC(=O)NC(Cc1ccccc1)C(=O)O.[Ni]. The third-order valence-corrected chi connectivity index (χ3v) is 1.96. The van der Waals surface area contributed by atoms with Crippen molar-refractivity contribution in [2.24, 2.45) is 0 Å². The van der Waals surface area contributed by atoms with Crippen LogP contribution in [0.15, 0.2) is 30.3 Å². The third kappa shape index (κ3) is 4.94. The fourth-order valence-corrected chi connectivity index (χ4v) is 1.30. The zero-order valence-electron chi connectivity index (χ0n) is 8.75. The Morgan fingerprint density at radius 2 is 1.88 bits per heavy atom. The molecule has 0 radical (unpaired) electrons. The molecular weight excluding hydrogens is 253 g/mol. The molecule has 0 spiro atoms. The molecule has 1 rings (SSSR count). The van der Waals surface area contributed by atoms with Crippen molar-refractivity contribution in [3.8, 4) is 0 Å². The van der Waals surface area contributed by atoms with Gasteiger partial charge >= 0.3 is 5.97 Å². The van der Waals surface area contributed by atoms with Gasteiger partial charge in [-0.2, -0.15) is 0 Å². The summed E-state index contributed by atoms with van der Waals surface area (Å²) in [6.45, 7) is 1.31. The van der Waals surface area contributed by atoms with Crippen molar-refractivity contribution in [2.45, 2.75) is 19.4 Å². The van der Waals surface area contributed by atoms with Gasteiger partial charge in [0, 0.05) is 29.8 Å². The Bertz CT molecular complexity index is 354. The number of hydrogen-bond donors (Lipinski definition) is 2. The van der Waals surface area contributed by atoms with E-state index in [1.807, 2.05) is 30.3 Å². The molecule has 1 aromatic rings. The molecule has 0 saturated heterocycles. The number of nitrogens with one attached hydrogen (secondary N) is 1. The van der Waals surface area contributed by atoms with E-state index in [1.54, 1.807) is 0 Å². The van der Waals surface area contributed by atoms with Crippen LogP contribution in [0.3, 0.4) is 0 Å². The van der Waals surface area contributed by atoms with Crippen molar-refractivity contribution in [1.29, 1.82) is 0 Å². The molecule has 0 aromatic heterocycles. The molecule has 5 heteroatoms. The first-order chi connectivity index (χ1) is 7.09. The van der Waals surface area contributed by atoms with E-state index < -0.39 is 12.0 Å². The summed E-state index contributed by atoms with van der Waals surface area (Å²) >= 11 is 0. The number of carbonyl (C=O) groups excluding carboxylic acids is 1. The van der Waals surface area contributed by atoms with E-state index in [4.69, 9.17) is 5.11 Å². The number of amides is 1. The van der Waals surface area contributed by atoms with Gasteiger partial charge in [0.25, 0.3) is 0 Å². The molecule has 0 bridgehead atoms. The summed E-state index contributed by atoms with van der Waals surface area (Å²) in [4.78, 5) is 21.6. The molecule has 1 amide bonds. The zero-order chi connectivity index (χ0) is 11.3. The Morgan fingerprint density at radius 3 is 2.31 bits per heavy atom. The van der Waals surface area contributed by atoms with E-state index in [0.29, 0.717) is 6.42 Å². The van der Waals surface area contributed by atoms with E-state index in [9.17, 15) is 9.59 Å². The van der Waals surface area contributed by atoms with E-state index >= 15 is 0 Å². The van der Waals surface area contributed by atoms with Crippen LogP contribution in [-0.2, 0) is 32.5 Å². The standard InChI is InChI=1S/C11H13NO3.Ni/c1-8(13)12-10(11(14)15)7-9-5-3-2-4-6-9;/h2-6,10H,7H2,1H3,(H,12,13)(H,14,15);. The molecule has 0 aliphatic rings. The maximum atomic E-state index is 10.8. The first-order valence-corrected chi connectivity index (χ1v) is 4.63. The van der Waals surface area contributed by atoms with E-state index in [2.05, 4.69) is 5.32 Å². The van der Waals surface area contributed by atoms with Gasteiger partial charge in [-0.1, -0.05) is 30.3 Å². The van der Waals surface area contributed by atoms with Crippen LogP contribution in [0.25, 0.3) is 0 Å². The Morgan fingerprint density at radius 1 is 1.31 bits per heavy atom. The number of aliphatic carboxylic acids is 1. The number of hydrogen-bond acceptors (Lipinski definition) is 2. The molecule has 1 atom stereocenters. The predicted molar refractivity (Wildman–Crippen MR) is 55.4 cm³/mol. The minimum atomic E-state index is -1.02. The molecule has 0 saturated carbocycles. The predicted octanol–water partition coefficient (Wildman–Crippen LogP) is 0.816. The topological polar surface area (TPSA) is 66.4 Å². The van der Waals surface area contributed by atoms with Gasteiger partial charge in [0.1, 0.15) is 6.04 Å². The average molecular weight is 266 g/mol. The Hall–Kier alpha value is -1.35. The van der Waals surface area contributed by atoms with E-state index in [-0.39, 0.29) is 22.4 Å². The summed E-state index contributed by atoms with van der Waals surface area (Å²) in [6.07, 6.45) is 0.301. The third-order valence-electron chi connectivity index (χ3n) is 1.96. The molecule has 0 aliphatic carbocycles. The van der Waals surface area contributed by atoms with Gasteiger partial charge in [0.05, 0.1) is 0 Å². The molecule has 0 fully saturated rings. The second-order valence-corrected chi connectivity index (χ2v) is 3.28.